The summed E-state index contributed by atoms with van der Waals surface area (Å²) in [6, 6.07) is 3.87. The summed E-state index contributed by atoms with van der Waals surface area (Å²) in [5, 5.41) is 11.6. The zero-order valence-corrected chi connectivity index (χ0v) is 14.5. The molecule has 128 valence electrons. The Balaban J connectivity index is 0.00000100. The van der Waals surface area contributed by atoms with Crippen LogP contribution in [-0.4, -0.2) is 26.0 Å². The van der Waals surface area contributed by atoms with Gasteiger partial charge in [0.25, 0.3) is 0 Å². The van der Waals surface area contributed by atoms with Crippen LogP contribution in [-0.2, 0) is 11.3 Å². The van der Waals surface area contributed by atoms with Gasteiger partial charge in [0, 0.05) is 35.7 Å². The fraction of sp³-hybridized carbons (Fsp3) is 0.412. The van der Waals surface area contributed by atoms with Gasteiger partial charge < -0.3 is 4.74 Å². The maximum Gasteiger partial charge on any atom is 0.147 e. The summed E-state index contributed by atoms with van der Waals surface area (Å²) in [5.41, 5.74) is 3.54. The molecule has 1 unspecified atom stereocenters. The quantitative estimate of drug-likeness (QED) is 0.640. The molecule has 0 saturated heterocycles. The average Bonchev–Trinajstić information content (AvgIpc) is 3.26. The van der Waals surface area contributed by atoms with E-state index in [-0.39, 0.29) is 12.8 Å². The molecule has 7 nitrogen and oxygen atoms in total. The number of aromatic nitrogens is 4. The first-order valence-electron chi connectivity index (χ1n) is 8.15. The lowest BCUT2D eigenvalue weighted by Gasteiger charge is -2.11. The van der Waals surface area contributed by atoms with Gasteiger partial charge in [-0.05, 0) is 26.0 Å². The van der Waals surface area contributed by atoms with Crippen LogP contribution in [0.3, 0.4) is 0 Å². The molecule has 7 heteroatoms. The molecule has 3 aromatic heterocycles. The molecule has 3 rings (SSSR count). The number of nitrogens with zero attached hydrogens (tertiary/aromatic N) is 5. The monoisotopic (exact) mass is 329 g/mol. The van der Waals surface area contributed by atoms with Crippen LogP contribution in [0.5, 0.6) is 0 Å². The molecule has 0 aromatic carbocycles. The van der Waals surface area contributed by atoms with Crippen molar-refractivity contribution in [2.75, 3.05) is 6.61 Å². The smallest absolute Gasteiger partial charge is 0.147 e. The first kappa shape index (κ1) is 17.8. The molecule has 0 saturated carbocycles. The first-order valence-corrected chi connectivity index (χ1v) is 8.15. The van der Waals surface area contributed by atoms with E-state index < -0.39 is 0 Å². The second kappa shape index (κ2) is 8.35. The third kappa shape index (κ3) is 3.51. The highest BCUT2D eigenvalue weighted by Gasteiger charge is 2.15. The van der Waals surface area contributed by atoms with E-state index >= 15 is 0 Å². The summed E-state index contributed by atoms with van der Waals surface area (Å²) in [7, 11) is 0. The summed E-state index contributed by atoms with van der Waals surface area (Å²) in [6.07, 6.45) is 7.08. The lowest BCUT2D eigenvalue weighted by atomic mass is 10.0. The molecular formula is C17H23N5O2. The van der Waals surface area contributed by atoms with Crippen LogP contribution in [0, 0.1) is 4.91 Å². The molecule has 3 aromatic rings. The van der Waals surface area contributed by atoms with Gasteiger partial charge in [0.2, 0.25) is 0 Å². The fourth-order valence-electron chi connectivity index (χ4n) is 2.54. The standard InChI is InChI=1S/C15H17N5O2.C2H6/c1-3-22-11(2)20-10-13(8-17-20)15-12(9-18-21)7-16-19-6-4-5-14(15)19;1-2/h4-8,10-11H,3,9H2,1-2H3;1-2H3. The highest BCUT2D eigenvalue weighted by atomic mass is 16.5. The van der Waals surface area contributed by atoms with Gasteiger partial charge in [0.1, 0.15) is 12.8 Å². The van der Waals surface area contributed by atoms with Gasteiger partial charge in [0.05, 0.1) is 17.9 Å². The molecule has 0 N–H and O–H groups in total. The second-order valence-electron chi connectivity index (χ2n) is 4.93. The Hall–Kier alpha value is -2.54. The van der Waals surface area contributed by atoms with Crippen molar-refractivity contribution in [1.82, 2.24) is 19.4 Å². The van der Waals surface area contributed by atoms with E-state index in [4.69, 9.17) is 4.74 Å². The lowest BCUT2D eigenvalue weighted by Crippen LogP contribution is -2.09. The minimum absolute atomic E-state index is 0.0796. The number of rotatable bonds is 6. The second-order valence-corrected chi connectivity index (χ2v) is 4.93. The van der Waals surface area contributed by atoms with E-state index in [0.717, 1.165) is 22.2 Å². The zero-order valence-electron chi connectivity index (χ0n) is 14.5. The topological polar surface area (TPSA) is 73.8 Å². The average molecular weight is 329 g/mol. The van der Waals surface area contributed by atoms with Crippen molar-refractivity contribution in [3.8, 4) is 11.1 Å². The van der Waals surface area contributed by atoms with Crippen molar-refractivity contribution in [1.29, 1.82) is 0 Å². The molecule has 0 spiro atoms. The van der Waals surface area contributed by atoms with Crippen LogP contribution in [0.2, 0.25) is 0 Å². The Kier molecular flexibility index (Phi) is 6.20. The van der Waals surface area contributed by atoms with Crippen LogP contribution in [0.15, 0.2) is 42.1 Å². The molecule has 0 radical (unpaired) electrons. The van der Waals surface area contributed by atoms with Crippen molar-refractivity contribution < 1.29 is 4.74 Å². The van der Waals surface area contributed by atoms with Crippen molar-refractivity contribution in [3.63, 3.8) is 0 Å². The van der Waals surface area contributed by atoms with Gasteiger partial charge in [-0.15, -0.1) is 0 Å². The minimum atomic E-state index is -0.143. The first-order chi connectivity index (χ1) is 11.7. The molecule has 0 amide bonds. The SMILES string of the molecule is CC.CCOC(C)n1cc(-c2c(CN=O)cnn3cccc23)cn1. The van der Waals surface area contributed by atoms with Gasteiger partial charge >= 0.3 is 0 Å². The van der Waals surface area contributed by atoms with E-state index in [1.807, 2.05) is 52.2 Å². The molecule has 0 aliphatic rings. The van der Waals surface area contributed by atoms with E-state index in [2.05, 4.69) is 15.4 Å². The molecule has 0 fully saturated rings. The van der Waals surface area contributed by atoms with Crippen LogP contribution < -0.4 is 0 Å². The summed E-state index contributed by atoms with van der Waals surface area (Å²) < 4.78 is 9.07. The summed E-state index contributed by atoms with van der Waals surface area (Å²) in [4.78, 5) is 10.7. The van der Waals surface area contributed by atoms with E-state index in [1.165, 1.54) is 0 Å². The maximum absolute atomic E-state index is 10.7. The summed E-state index contributed by atoms with van der Waals surface area (Å²) >= 11 is 0. The van der Waals surface area contributed by atoms with Gasteiger partial charge in [-0.3, -0.25) is 0 Å². The molecule has 0 aliphatic heterocycles. The van der Waals surface area contributed by atoms with E-state index in [9.17, 15) is 4.91 Å². The lowest BCUT2D eigenvalue weighted by molar-refractivity contribution is 0.0160. The van der Waals surface area contributed by atoms with Crippen LogP contribution in [0.25, 0.3) is 16.6 Å². The summed E-state index contributed by atoms with van der Waals surface area (Å²) in [5.74, 6) is 0. The Labute approximate surface area is 141 Å². The van der Waals surface area contributed by atoms with Crippen LogP contribution in [0.1, 0.15) is 39.5 Å². The van der Waals surface area contributed by atoms with E-state index in [1.54, 1.807) is 21.6 Å². The predicted molar refractivity (Wildman–Crippen MR) is 93.6 cm³/mol. The molecule has 3 heterocycles. The third-order valence-corrected chi connectivity index (χ3v) is 3.55. The Morgan fingerprint density at radius 1 is 1.29 bits per heavy atom. The Bertz CT molecular complexity index is 793. The third-order valence-electron chi connectivity index (χ3n) is 3.55. The summed E-state index contributed by atoms with van der Waals surface area (Å²) in [6.45, 7) is 8.58. The predicted octanol–water partition coefficient (Wildman–Crippen LogP) is 4.05. The van der Waals surface area contributed by atoms with Gasteiger partial charge in [-0.25, -0.2) is 9.20 Å². The van der Waals surface area contributed by atoms with Gasteiger partial charge in [-0.1, -0.05) is 19.0 Å². The van der Waals surface area contributed by atoms with Crippen LogP contribution in [0.4, 0.5) is 0 Å². The molecule has 24 heavy (non-hydrogen) atoms. The number of hydrogen-bond donors (Lipinski definition) is 0. The number of ether oxygens (including phenoxy) is 1. The van der Waals surface area contributed by atoms with Gasteiger partial charge in [0.15, 0.2) is 0 Å². The molecule has 0 aliphatic carbocycles. The molecular weight excluding hydrogens is 306 g/mol. The van der Waals surface area contributed by atoms with Crippen molar-refractivity contribution in [2.45, 2.75) is 40.5 Å². The van der Waals surface area contributed by atoms with E-state index in [0.29, 0.717) is 6.61 Å². The largest absolute Gasteiger partial charge is 0.357 e. The Morgan fingerprint density at radius 2 is 2.08 bits per heavy atom. The number of nitroso groups, excluding NO2 is 1. The normalized spacial score (nSPS) is 11.8. The minimum Gasteiger partial charge on any atom is -0.357 e. The molecule has 1 atom stereocenters. The maximum atomic E-state index is 10.7. The van der Waals surface area contributed by atoms with Crippen LogP contribution >= 0.6 is 0 Å². The highest BCUT2D eigenvalue weighted by molar-refractivity contribution is 5.82. The molecule has 0 bridgehead atoms. The highest BCUT2D eigenvalue weighted by Crippen LogP contribution is 2.29. The van der Waals surface area contributed by atoms with Crippen molar-refractivity contribution in [2.24, 2.45) is 5.18 Å². The van der Waals surface area contributed by atoms with Gasteiger partial charge in [-0.2, -0.15) is 15.1 Å². The zero-order chi connectivity index (χ0) is 17.5. The number of fused-ring (bicyclic) bond motifs is 1. The van der Waals surface area contributed by atoms with Crippen molar-refractivity contribution >= 4 is 5.52 Å². The van der Waals surface area contributed by atoms with Crippen molar-refractivity contribution in [3.05, 3.63) is 47.4 Å². The fourth-order valence-corrected chi connectivity index (χ4v) is 2.54. The number of hydrogen-bond acceptors (Lipinski definition) is 5. The Morgan fingerprint density at radius 3 is 2.79 bits per heavy atom.